The van der Waals surface area contributed by atoms with Gasteiger partial charge in [0.15, 0.2) is 0 Å². The molecule has 1 aromatic carbocycles. The molecule has 0 aliphatic heterocycles. The number of hydrogen-bond donors (Lipinski definition) is 1. The van der Waals surface area contributed by atoms with E-state index in [0.29, 0.717) is 10.6 Å². The molecule has 0 atom stereocenters. The van der Waals surface area contributed by atoms with E-state index in [4.69, 9.17) is 11.6 Å². The minimum atomic E-state index is -0.209. The van der Waals surface area contributed by atoms with E-state index < -0.39 is 0 Å². The quantitative estimate of drug-likeness (QED) is 0.907. The van der Waals surface area contributed by atoms with Gasteiger partial charge in [0.2, 0.25) is 0 Å². The molecule has 1 amide bonds. The van der Waals surface area contributed by atoms with Crippen LogP contribution in [0.4, 0.5) is 0 Å². The zero-order valence-corrected chi connectivity index (χ0v) is 10.5. The highest BCUT2D eigenvalue weighted by molar-refractivity contribution is 9.10. The zero-order chi connectivity index (χ0) is 11.5. The summed E-state index contributed by atoms with van der Waals surface area (Å²) >= 11 is 9.15. The summed E-state index contributed by atoms with van der Waals surface area (Å²) in [6.45, 7) is 0. The number of hydrogen-bond acceptors (Lipinski definition) is 1. The molecular weight excluding hydrogens is 291 g/mol. The highest BCUT2D eigenvalue weighted by atomic mass is 79.9. The first-order valence-corrected chi connectivity index (χ1v) is 5.73. The van der Waals surface area contributed by atoms with Gasteiger partial charge in [-0.3, -0.25) is 14.9 Å². The second-order valence-electron chi connectivity index (χ2n) is 3.19. The van der Waals surface area contributed by atoms with Crippen molar-refractivity contribution in [3.05, 3.63) is 57.8 Å². The maximum absolute atomic E-state index is 11.8. The molecule has 1 aromatic heterocycles. The van der Waals surface area contributed by atoms with E-state index in [1.54, 1.807) is 35.3 Å². The summed E-state index contributed by atoms with van der Waals surface area (Å²) in [5, 5.41) is 0.520. The molecule has 0 unspecified atom stereocenters. The fraction of sp³-hybridized carbons (Fsp3) is 0. The predicted molar refractivity (Wildman–Crippen MR) is 67.3 cm³/mol. The number of nitrogens with one attached hydrogen (secondary N) is 1. The normalized spacial score (nSPS) is 10.1. The van der Waals surface area contributed by atoms with Crippen LogP contribution in [0.2, 0.25) is 5.02 Å². The van der Waals surface area contributed by atoms with Gasteiger partial charge in [0.25, 0.3) is 5.91 Å². The van der Waals surface area contributed by atoms with Gasteiger partial charge in [-0.15, -0.1) is 0 Å². The summed E-state index contributed by atoms with van der Waals surface area (Å²) in [5.41, 5.74) is 3.20. The fourth-order valence-electron chi connectivity index (χ4n) is 1.28. The van der Waals surface area contributed by atoms with Crippen LogP contribution < -0.4 is 5.43 Å². The third kappa shape index (κ3) is 2.65. The van der Waals surface area contributed by atoms with Crippen LogP contribution in [-0.4, -0.2) is 10.6 Å². The number of nitrogens with zero attached hydrogens (tertiary/aromatic N) is 1. The van der Waals surface area contributed by atoms with E-state index in [2.05, 4.69) is 21.4 Å². The van der Waals surface area contributed by atoms with Crippen molar-refractivity contribution in [2.45, 2.75) is 0 Å². The molecule has 0 fully saturated rings. The Labute approximate surface area is 106 Å². The Hall–Kier alpha value is -1.26. The van der Waals surface area contributed by atoms with Crippen LogP contribution in [0, 0.1) is 0 Å². The first-order chi connectivity index (χ1) is 7.65. The summed E-state index contributed by atoms with van der Waals surface area (Å²) in [6, 6.07) is 8.71. The number of aromatic nitrogens is 1. The number of rotatable bonds is 2. The lowest BCUT2D eigenvalue weighted by Crippen LogP contribution is -2.21. The lowest BCUT2D eigenvalue weighted by atomic mass is 10.2. The highest BCUT2D eigenvalue weighted by Crippen LogP contribution is 2.19. The molecule has 2 aromatic rings. The maximum atomic E-state index is 11.8. The van der Waals surface area contributed by atoms with Crippen LogP contribution in [0.5, 0.6) is 0 Å². The maximum Gasteiger partial charge on any atom is 0.270 e. The molecule has 0 saturated carbocycles. The molecular formula is C11H8BrClN2O. The van der Waals surface area contributed by atoms with Crippen molar-refractivity contribution < 1.29 is 4.79 Å². The molecule has 5 heteroatoms. The fourth-order valence-corrected chi connectivity index (χ4v) is 2.14. The molecule has 0 radical (unpaired) electrons. The Morgan fingerprint density at radius 1 is 1.25 bits per heavy atom. The monoisotopic (exact) mass is 298 g/mol. The van der Waals surface area contributed by atoms with E-state index in [0.717, 1.165) is 4.47 Å². The molecule has 1 heterocycles. The van der Waals surface area contributed by atoms with Crippen molar-refractivity contribution >= 4 is 33.4 Å². The van der Waals surface area contributed by atoms with Crippen molar-refractivity contribution in [2.24, 2.45) is 0 Å². The zero-order valence-electron chi connectivity index (χ0n) is 8.15. The molecule has 16 heavy (non-hydrogen) atoms. The minimum absolute atomic E-state index is 0.209. The largest absolute Gasteiger partial charge is 0.270 e. The Balaban J connectivity index is 2.21. The van der Waals surface area contributed by atoms with Gasteiger partial charge in [0.1, 0.15) is 0 Å². The molecule has 0 spiro atoms. The van der Waals surface area contributed by atoms with Gasteiger partial charge >= 0.3 is 0 Å². The lowest BCUT2D eigenvalue weighted by Gasteiger charge is -2.06. The Morgan fingerprint density at radius 2 is 1.94 bits per heavy atom. The second-order valence-corrected chi connectivity index (χ2v) is 4.54. The van der Waals surface area contributed by atoms with E-state index in [-0.39, 0.29) is 5.91 Å². The molecule has 0 aliphatic carbocycles. The van der Waals surface area contributed by atoms with E-state index in [1.165, 1.54) is 0 Å². The van der Waals surface area contributed by atoms with Gasteiger partial charge in [-0.05, 0) is 30.3 Å². The Morgan fingerprint density at radius 3 is 2.56 bits per heavy atom. The van der Waals surface area contributed by atoms with E-state index >= 15 is 0 Å². The van der Waals surface area contributed by atoms with E-state index in [9.17, 15) is 4.79 Å². The third-order valence-electron chi connectivity index (χ3n) is 1.96. The number of carbonyl (C=O) groups excluding carboxylic acids is 1. The molecule has 82 valence electrons. The van der Waals surface area contributed by atoms with Crippen LogP contribution in [0.1, 0.15) is 10.4 Å². The van der Waals surface area contributed by atoms with Gasteiger partial charge in [-0.2, -0.15) is 0 Å². The Kier molecular flexibility index (Phi) is 3.31. The summed E-state index contributed by atoms with van der Waals surface area (Å²) in [4.78, 5) is 11.8. The van der Waals surface area contributed by atoms with Crippen LogP contribution >= 0.6 is 27.5 Å². The van der Waals surface area contributed by atoms with Crippen LogP contribution in [0.25, 0.3) is 0 Å². The third-order valence-corrected chi connectivity index (χ3v) is 2.64. The molecule has 0 bridgehead atoms. The van der Waals surface area contributed by atoms with Crippen LogP contribution in [0.3, 0.4) is 0 Å². The number of amides is 1. The van der Waals surface area contributed by atoms with Crippen molar-refractivity contribution in [1.82, 2.24) is 4.68 Å². The average molecular weight is 300 g/mol. The summed E-state index contributed by atoms with van der Waals surface area (Å²) < 4.78 is 2.36. The Bertz CT molecular complexity index is 490. The first-order valence-electron chi connectivity index (χ1n) is 4.55. The second kappa shape index (κ2) is 4.72. The van der Waals surface area contributed by atoms with Crippen LogP contribution in [-0.2, 0) is 0 Å². The molecule has 2 rings (SSSR count). The van der Waals surface area contributed by atoms with Crippen molar-refractivity contribution in [3.63, 3.8) is 0 Å². The van der Waals surface area contributed by atoms with Crippen molar-refractivity contribution in [2.75, 3.05) is 5.43 Å². The SMILES string of the molecule is O=C(Nn1cccc1)c1cc(Cl)cc(Br)c1. The van der Waals surface area contributed by atoms with Gasteiger partial charge in [-0.1, -0.05) is 27.5 Å². The summed E-state index contributed by atoms with van der Waals surface area (Å²) in [5.74, 6) is -0.209. The first kappa shape index (κ1) is 11.2. The van der Waals surface area contributed by atoms with Gasteiger partial charge in [0.05, 0.1) is 0 Å². The highest BCUT2D eigenvalue weighted by Gasteiger charge is 2.07. The smallest absolute Gasteiger partial charge is 0.268 e. The summed E-state index contributed by atoms with van der Waals surface area (Å²) in [7, 11) is 0. The molecule has 1 N–H and O–H groups in total. The van der Waals surface area contributed by atoms with Crippen LogP contribution in [0.15, 0.2) is 47.2 Å². The minimum Gasteiger partial charge on any atom is -0.268 e. The van der Waals surface area contributed by atoms with Gasteiger partial charge in [0, 0.05) is 27.5 Å². The molecule has 0 saturated heterocycles. The van der Waals surface area contributed by atoms with Crippen molar-refractivity contribution in [3.8, 4) is 0 Å². The topological polar surface area (TPSA) is 34.0 Å². The summed E-state index contributed by atoms with van der Waals surface area (Å²) in [6.07, 6.45) is 3.50. The number of benzene rings is 1. The van der Waals surface area contributed by atoms with E-state index in [1.807, 2.05) is 12.1 Å². The molecule has 0 aliphatic rings. The molecule has 3 nitrogen and oxygen atoms in total. The van der Waals surface area contributed by atoms with Gasteiger partial charge < -0.3 is 0 Å². The van der Waals surface area contributed by atoms with Gasteiger partial charge in [-0.25, -0.2) is 0 Å². The number of halogens is 2. The predicted octanol–water partition coefficient (Wildman–Crippen LogP) is 3.29. The number of carbonyl (C=O) groups is 1. The van der Waals surface area contributed by atoms with Crippen molar-refractivity contribution in [1.29, 1.82) is 0 Å². The standard InChI is InChI=1S/C11H8BrClN2O/c12-9-5-8(6-10(13)7-9)11(16)14-15-3-1-2-4-15/h1-7H,(H,14,16). The average Bonchev–Trinajstić information content (AvgIpc) is 2.68. The lowest BCUT2D eigenvalue weighted by molar-refractivity contribution is 0.101.